The van der Waals surface area contributed by atoms with Gasteiger partial charge in [0.2, 0.25) is 0 Å². The topological polar surface area (TPSA) is 50.4 Å². The first-order valence-electron chi connectivity index (χ1n) is 7.86. The zero-order valence-corrected chi connectivity index (χ0v) is 14.8. The van der Waals surface area contributed by atoms with E-state index < -0.39 is 0 Å². The van der Waals surface area contributed by atoms with Crippen LogP contribution in [0.15, 0.2) is 48.5 Å². The van der Waals surface area contributed by atoms with Gasteiger partial charge in [-0.1, -0.05) is 42.5 Å². The lowest BCUT2D eigenvalue weighted by atomic mass is 10.1. The van der Waals surface area contributed by atoms with E-state index in [9.17, 15) is 4.79 Å². The van der Waals surface area contributed by atoms with E-state index in [0.29, 0.717) is 17.4 Å². The van der Waals surface area contributed by atoms with Gasteiger partial charge in [0.15, 0.2) is 11.7 Å². The van der Waals surface area contributed by atoms with E-state index in [1.165, 1.54) is 5.56 Å². The van der Waals surface area contributed by atoms with E-state index in [0.717, 1.165) is 17.5 Å². The molecule has 0 fully saturated rings. The molecule has 4 nitrogen and oxygen atoms in total. The maximum Gasteiger partial charge on any atom is 0.264 e. The van der Waals surface area contributed by atoms with Crippen LogP contribution < -0.4 is 15.4 Å². The molecule has 0 atom stereocenters. The summed E-state index contributed by atoms with van der Waals surface area (Å²) in [5.41, 5.74) is 3.31. The first-order chi connectivity index (χ1) is 11.5. The summed E-state index contributed by atoms with van der Waals surface area (Å²) in [5.74, 6) is 0.446. The number of ether oxygens (including phenoxy) is 1. The monoisotopic (exact) mass is 342 g/mol. The van der Waals surface area contributed by atoms with Gasteiger partial charge >= 0.3 is 0 Å². The van der Waals surface area contributed by atoms with Crippen molar-refractivity contribution in [3.8, 4) is 5.75 Å². The van der Waals surface area contributed by atoms with Gasteiger partial charge < -0.3 is 15.4 Å². The Morgan fingerprint density at radius 1 is 1.12 bits per heavy atom. The summed E-state index contributed by atoms with van der Waals surface area (Å²) in [6, 6.07) is 16.0. The summed E-state index contributed by atoms with van der Waals surface area (Å²) in [4.78, 5) is 11.9. The summed E-state index contributed by atoms with van der Waals surface area (Å²) >= 11 is 5.12. The molecule has 0 unspecified atom stereocenters. The molecule has 0 saturated carbocycles. The van der Waals surface area contributed by atoms with Gasteiger partial charge in [-0.15, -0.1) is 0 Å². The molecule has 1 amide bonds. The van der Waals surface area contributed by atoms with Crippen LogP contribution in [-0.2, 0) is 11.2 Å². The number of aryl methyl sites for hydroxylation is 2. The molecular weight excluding hydrogens is 320 g/mol. The van der Waals surface area contributed by atoms with Crippen LogP contribution >= 0.6 is 12.2 Å². The van der Waals surface area contributed by atoms with Crippen molar-refractivity contribution in [3.05, 3.63) is 65.2 Å². The molecule has 0 aliphatic rings. The zero-order valence-electron chi connectivity index (χ0n) is 14.0. The fourth-order valence-corrected chi connectivity index (χ4v) is 2.39. The van der Waals surface area contributed by atoms with E-state index in [2.05, 4.69) is 22.8 Å². The molecule has 0 saturated heterocycles. The lowest BCUT2D eigenvalue weighted by Crippen LogP contribution is -2.42. The summed E-state index contributed by atoms with van der Waals surface area (Å²) in [6.45, 7) is 4.53. The molecule has 24 heavy (non-hydrogen) atoms. The first kappa shape index (κ1) is 17.9. The Morgan fingerprint density at radius 2 is 1.88 bits per heavy atom. The highest BCUT2D eigenvalue weighted by Crippen LogP contribution is 2.18. The summed E-state index contributed by atoms with van der Waals surface area (Å²) in [5, 5.41) is 5.97. The van der Waals surface area contributed by atoms with Gasteiger partial charge in [-0.3, -0.25) is 4.79 Å². The first-order valence-corrected chi connectivity index (χ1v) is 8.27. The summed E-state index contributed by atoms with van der Waals surface area (Å²) in [7, 11) is 0. The molecule has 2 aromatic carbocycles. The van der Waals surface area contributed by atoms with Crippen molar-refractivity contribution in [2.45, 2.75) is 20.3 Å². The van der Waals surface area contributed by atoms with Crippen molar-refractivity contribution in [1.82, 2.24) is 10.6 Å². The standard InChI is InChI=1S/C19H22N2O2S/c1-14-8-9-15(2)17(12-14)23-13-18(22)21-19(24)20-11-10-16-6-4-3-5-7-16/h3-9,12H,10-11,13H2,1-2H3,(H2,20,21,22,24). The van der Waals surface area contributed by atoms with Gasteiger partial charge in [0.25, 0.3) is 5.91 Å². The maximum atomic E-state index is 11.9. The molecule has 5 heteroatoms. The zero-order chi connectivity index (χ0) is 17.4. The van der Waals surface area contributed by atoms with E-state index in [1.807, 2.05) is 50.2 Å². The number of thiocarbonyl (C=S) groups is 1. The quantitative estimate of drug-likeness (QED) is 0.793. The van der Waals surface area contributed by atoms with Crippen molar-refractivity contribution in [2.24, 2.45) is 0 Å². The molecular formula is C19H22N2O2S. The van der Waals surface area contributed by atoms with E-state index in [4.69, 9.17) is 17.0 Å². The predicted octanol–water partition coefficient (Wildman–Crippen LogP) is 2.92. The largest absolute Gasteiger partial charge is 0.483 e. The third-order valence-corrected chi connectivity index (χ3v) is 3.74. The molecule has 0 heterocycles. The second-order valence-electron chi connectivity index (χ2n) is 5.60. The fourth-order valence-electron chi connectivity index (χ4n) is 2.18. The molecule has 0 aliphatic carbocycles. The third-order valence-electron chi connectivity index (χ3n) is 3.50. The Kier molecular flexibility index (Phi) is 6.75. The molecule has 0 radical (unpaired) electrons. The Labute approximate surface area is 148 Å². The number of hydrogen-bond acceptors (Lipinski definition) is 3. The highest BCUT2D eigenvalue weighted by Gasteiger charge is 2.07. The van der Waals surface area contributed by atoms with Crippen LogP contribution in [0.4, 0.5) is 0 Å². The SMILES string of the molecule is Cc1ccc(C)c(OCC(=O)NC(=S)NCCc2ccccc2)c1. The molecule has 0 aromatic heterocycles. The third kappa shape index (κ3) is 6.01. The van der Waals surface area contributed by atoms with E-state index in [-0.39, 0.29) is 12.5 Å². The van der Waals surface area contributed by atoms with Crippen LogP contribution in [0.3, 0.4) is 0 Å². The highest BCUT2D eigenvalue weighted by molar-refractivity contribution is 7.80. The number of amides is 1. The molecule has 0 bridgehead atoms. The molecule has 0 aliphatic heterocycles. The average molecular weight is 342 g/mol. The van der Waals surface area contributed by atoms with Gasteiger partial charge in [0, 0.05) is 6.54 Å². The minimum absolute atomic E-state index is 0.0647. The van der Waals surface area contributed by atoms with Crippen molar-refractivity contribution < 1.29 is 9.53 Å². The van der Waals surface area contributed by atoms with Crippen LogP contribution in [0.25, 0.3) is 0 Å². The van der Waals surface area contributed by atoms with E-state index in [1.54, 1.807) is 0 Å². The van der Waals surface area contributed by atoms with Crippen molar-refractivity contribution >= 4 is 23.2 Å². The normalized spacial score (nSPS) is 10.1. The fraction of sp³-hybridized carbons (Fsp3) is 0.263. The summed E-state index contributed by atoms with van der Waals surface area (Å²) in [6.07, 6.45) is 0.843. The molecule has 0 spiro atoms. The van der Waals surface area contributed by atoms with Crippen molar-refractivity contribution in [2.75, 3.05) is 13.2 Å². The van der Waals surface area contributed by atoms with Crippen LogP contribution in [0.5, 0.6) is 5.75 Å². The molecule has 2 aromatic rings. The predicted molar refractivity (Wildman–Crippen MR) is 100 cm³/mol. The minimum Gasteiger partial charge on any atom is -0.483 e. The number of carbonyl (C=O) groups excluding carboxylic acids is 1. The number of benzene rings is 2. The average Bonchev–Trinajstić information content (AvgIpc) is 2.56. The van der Waals surface area contributed by atoms with Gasteiger partial charge in [-0.05, 0) is 55.2 Å². The number of carbonyl (C=O) groups is 1. The lowest BCUT2D eigenvalue weighted by molar-refractivity contribution is -0.121. The Morgan fingerprint density at radius 3 is 2.62 bits per heavy atom. The second-order valence-corrected chi connectivity index (χ2v) is 6.01. The van der Waals surface area contributed by atoms with Gasteiger partial charge in [-0.2, -0.15) is 0 Å². The Balaban J connectivity index is 1.70. The van der Waals surface area contributed by atoms with E-state index >= 15 is 0 Å². The summed E-state index contributed by atoms with van der Waals surface area (Å²) < 4.78 is 5.55. The molecule has 2 rings (SSSR count). The van der Waals surface area contributed by atoms with Gasteiger partial charge in [0.1, 0.15) is 5.75 Å². The Hall–Kier alpha value is -2.40. The van der Waals surface area contributed by atoms with Crippen LogP contribution in [-0.4, -0.2) is 24.2 Å². The second kappa shape index (κ2) is 9.03. The lowest BCUT2D eigenvalue weighted by Gasteiger charge is -2.12. The van der Waals surface area contributed by atoms with Crippen molar-refractivity contribution in [3.63, 3.8) is 0 Å². The molecule has 126 valence electrons. The highest BCUT2D eigenvalue weighted by atomic mass is 32.1. The maximum absolute atomic E-state index is 11.9. The molecule has 2 N–H and O–H groups in total. The van der Waals surface area contributed by atoms with Crippen LogP contribution in [0.2, 0.25) is 0 Å². The van der Waals surface area contributed by atoms with Crippen LogP contribution in [0.1, 0.15) is 16.7 Å². The van der Waals surface area contributed by atoms with Gasteiger partial charge in [0.05, 0.1) is 0 Å². The van der Waals surface area contributed by atoms with Crippen molar-refractivity contribution in [1.29, 1.82) is 0 Å². The smallest absolute Gasteiger partial charge is 0.264 e. The van der Waals surface area contributed by atoms with Gasteiger partial charge in [-0.25, -0.2) is 0 Å². The number of hydrogen-bond donors (Lipinski definition) is 2. The van der Waals surface area contributed by atoms with Crippen LogP contribution in [0, 0.1) is 13.8 Å². The Bertz CT molecular complexity index is 702. The minimum atomic E-state index is -0.270. The number of rotatable bonds is 6. The number of nitrogens with one attached hydrogen (secondary N) is 2.